The Morgan fingerprint density at radius 1 is 1.38 bits per heavy atom. The average Bonchev–Trinajstić information content (AvgIpc) is 3.00. The molecule has 136 valence electrons. The highest BCUT2D eigenvalue weighted by molar-refractivity contribution is 14.2. The molecular weight excluding hydrogens is 468 g/mol. The van der Waals surface area contributed by atoms with Crippen molar-refractivity contribution >= 4 is 45.0 Å². The summed E-state index contributed by atoms with van der Waals surface area (Å²) in [7, 11) is 1.89. The summed E-state index contributed by atoms with van der Waals surface area (Å²) in [5.74, 6) is -3.12. The van der Waals surface area contributed by atoms with Gasteiger partial charge < -0.3 is 10.3 Å². The topological polar surface area (TPSA) is 45.6 Å². The van der Waals surface area contributed by atoms with Crippen LogP contribution in [0.2, 0.25) is 0 Å². The van der Waals surface area contributed by atoms with Gasteiger partial charge in [-0.1, -0.05) is 13.0 Å². The molecular formula is C18H18F2IN4P. The van der Waals surface area contributed by atoms with Gasteiger partial charge in [0.15, 0.2) is 0 Å². The fourth-order valence-corrected chi connectivity index (χ4v) is 6.05. The van der Waals surface area contributed by atoms with Gasteiger partial charge in [-0.2, -0.15) is 5.10 Å². The first-order valence-electron chi connectivity index (χ1n) is 8.55. The van der Waals surface area contributed by atoms with E-state index in [1.807, 2.05) is 17.6 Å². The second-order valence-corrected chi connectivity index (χ2v) is 9.52. The van der Waals surface area contributed by atoms with Crippen LogP contribution in [0, 0.1) is 11.3 Å². The van der Waals surface area contributed by atoms with Crippen LogP contribution in [0.5, 0.6) is 0 Å². The van der Waals surface area contributed by atoms with Gasteiger partial charge in [0.05, 0.1) is 12.1 Å². The molecule has 0 bridgehead atoms. The highest BCUT2D eigenvalue weighted by atomic mass is 127. The van der Waals surface area contributed by atoms with Gasteiger partial charge in [-0.15, -0.1) is 0 Å². The highest BCUT2D eigenvalue weighted by Crippen LogP contribution is 2.70. The van der Waals surface area contributed by atoms with Gasteiger partial charge in [-0.25, -0.2) is 13.2 Å². The number of hydrogen-bond acceptors (Lipinski definition) is 2. The summed E-state index contributed by atoms with van der Waals surface area (Å²) >= 11 is 2.27. The van der Waals surface area contributed by atoms with E-state index in [4.69, 9.17) is 5.10 Å². The SMILES string of the molecule is CNc1ccc2cc(-c3nn(PI)c4c3CC3C(F)(F)C3(C)C4)[nH]c2c1. The maximum atomic E-state index is 14.3. The number of aromatic nitrogens is 3. The highest BCUT2D eigenvalue weighted by Gasteiger charge is 2.78. The van der Waals surface area contributed by atoms with Gasteiger partial charge in [-0.3, -0.25) is 0 Å². The van der Waals surface area contributed by atoms with Gasteiger partial charge in [0.25, 0.3) is 5.92 Å². The van der Waals surface area contributed by atoms with E-state index in [9.17, 15) is 8.78 Å². The third kappa shape index (κ3) is 2.10. The summed E-state index contributed by atoms with van der Waals surface area (Å²) in [6.07, 6.45) is 1.22. The molecule has 0 spiro atoms. The molecule has 1 fully saturated rings. The quantitative estimate of drug-likeness (QED) is 0.393. The van der Waals surface area contributed by atoms with Crippen LogP contribution >= 0.6 is 28.4 Å². The lowest BCUT2D eigenvalue weighted by Gasteiger charge is -2.17. The number of aromatic amines is 1. The first-order chi connectivity index (χ1) is 12.4. The Bertz CT molecular complexity index is 1040. The van der Waals surface area contributed by atoms with Crippen molar-refractivity contribution in [3.8, 4) is 11.4 Å². The predicted molar refractivity (Wildman–Crippen MR) is 111 cm³/mol. The Balaban J connectivity index is 1.64. The second-order valence-electron chi connectivity index (χ2n) is 7.48. The third-order valence-corrected chi connectivity index (χ3v) is 8.06. The van der Waals surface area contributed by atoms with Gasteiger partial charge >= 0.3 is 0 Å². The minimum Gasteiger partial charge on any atom is -0.388 e. The number of halogens is 3. The van der Waals surface area contributed by atoms with Crippen molar-refractivity contribution in [2.75, 3.05) is 12.4 Å². The van der Waals surface area contributed by atoms with Crippen LogP contribution in [-0.2, 0) is 12.8 Å². The minimum absolute atomic E-state index is 0.405. The van der Waals surface area contributed by atoms with Crippen molar-refractivity contribution in [1.82, 2.24) is 14.5 Å². The lowest BCUT2D eigenvalue weighted by Crippen LogP contribution is -2.16. The summed E-state index contributed by atoms with van der Waals surface area (Å²) in [5, 5.41) is 9.01. The van der Waals surface area contributed by atoms with Crippen molar-refractivity contribution in [3.63, 3.8) is 0 Å². The number of fused-ring (bicyclic) bond motifs is 3. The molecule has 3 aromatic rings. The van der Waals surface area contributed by atoms with E-state index in [1.54, 1.807) is 6.92 Å². The van der Waals surface area contributed by atoms with E-state index < -0.39 is 17.3 Å². The molecule has 26 heavy (non-hydrogen) atoms. The van der Waals surface area contributed by atoms with Crippen molar-refractivity contribution in [3.05, 3.63) is 35.5 Å². The normalized spacial score (nSPS) is 26.3. The molecule has 2 heterocycles. The van der Waals surface area contributed by atoms with Gasteiger partial charge in [0, 0.05) is 52.6 Å². The van der Waals surface area contributed by atoms with Crippen LogP contribution in [-0.4, -0.2) is 27.5 Å². The molecule has 0 aliphatic heterocycles. The fraction of sp³-hybridized carbons (Fsp3) is 0.389. The molecule has 1 aromatic carbocycles. The second kappa shape index (κ2) is 5.41. The summed E-state index contributed by atoms with van der Waals surface area (Å²) in [6, 6.07) is 8.19. The van der Waals surface area contributed by atoms with E-state index in [-0.39, 0.29) is 0 Å². The number of nitrogens with one attached hydrogen (secondary N) is 2. The van der Waals surface area contributed by atoms with Crippen molar-refractivity contribution in [2.24, 2.45) is 11.3 Å². The third-order valence-electron chi connectivity index (χ3n) is 6.16. The first-order valence-corrected chi connectivity index (χ1v) is 12.6. The zero-order chi connectivity index (χ0) is 18.3. The van der Waals surface area contributed by atoms with Crippen LogP contribution in [0.4, 0.5) is 14.5 Å². The minimum atomic E-state index is -2.56. The Labute approximate surface area is 164 Å². The number of rotatable bonds is 3. The van der Waals surface area contributed by atoms with Crippen LogP contribution < -0.4 is 5.32 Å². The Hall–Kier alpha value is -1.21. The summed E-state index contributed by atoms with van der Waals surface area (Å²) in [4.78, 5) is 3.43. The number of anilines is 1. The zero-order valence-electron chi connectivity index (χ0n) is 14.3. The monoisotopic (exact) mass is 486 g/mol. The molecule has 2 aliphatic carbocycles. The number of benzene rings is 1. The van der Waals surface area contributed by atoms with Crippen LogP contribution in [0.15, 0.2) is 24.3 Å². The Morgan fingerprint density at radius 3 is 2.92 bits per heavy atom. The summed E-state index contributed by atoms with van der Waals surface area (Å²) < 4.78 is 30.5. The molecule has 0 amide bonds. The number of alkyl halides is 2. The molecule has 1 saturated carbocycles. The lowest BCUT2D eigenvalue weighted by atomic mass is 9.87. The van der Waals surface area contributed by atoms with Crippen LogP contribution in [0.3, 0.4) is 0 Å². The number of nitrogens with zero attached hydrogens (tertiary/aromatic N) is 2. The Kier molecular flexibility index (Phi) is 3.52. The molecule has 0 radical (unpaired) electrons. The molecule has 3 unspecified atom stereocenters. The van der Waals surface area contributed by atoms with Crippen LogP contribution in [0.1, 0.15) is 18.2 Å². The van der Waals surface area contributed by atoms with Gasteiger partial charge in [0.2, 0.25) is 0 Å². The molecule has 4 nitrogen and oxygen atoms in total. The largest absolute Gasteiger partial charge is 0.388 e. The summed E-state index contributed by atoms with van der Waals surface area (Å²) in [5.41, 5.74) is 4.87. The van der Waals surface area contributed by atoms with E-state index in [2.05, 4.69) is 50.5 Å². The van der Waals surface area contributed by atoms with E-state index in [1.165, 1.54) is 0 Å². The Morgan fingerprint density at radius 2 is 2.19 bits per heavy atom. The standard InChI is InChI=1S/C18H18F2IN4P/c1-17-8-14-11(7-15(17)18(17,19)20)16(24-25(14)26-21)13-5-9-3-4-10(22-2)6-12(9)23-13/h3-6,15,22-23,26H,7-8H2,1-2H3. The zero-order valence-corrected chi connectivity index (χ0v) is 17.5. The first kappa shape index (κ1) is 16.9. The van der Waals surface area contributed by atoms with E-state index >= 15 is 0 Å². The molecule has 2 N–H and O–H groups in total. The van der Waals surface area contributed by atoms with Crippen molar-refractivity contribution < 1.29 is 8.78 Å². The molecule has 2 aliphatic rings. The molecule has 0 saturated heterocycles. The molecule has 3 atom stereocenters. The van der Waals surface area contributed by atoms with Gasteiger partial charge in [0.1, 0.15) is 5.69 Å². The molecule has 8 heteroatoms. The van der Waals surface area contributed by atoms with E-state index in [0.717, 1.165) is 39.2 Å². The number of H-pyrrole nitrogens is 1. The van der Waals surface area contributed by atoms with Crippen LogP contribution in [0.25, 0.3) is 22.3 Å². The maximum absolute atomic E-state index is 14.3. The van der Waals surface area contributed by atoms with E-state index in [0.29, 0.717) is 19.2 Å². The lowest BCUT2D eigenvalue weighted by molar-refractivity contribution is 0.0631. The summed E-state index contributed by atoms with van der Waals surface area (Å²) in [6.45, 7) is 1.72. The average molecular weight is 486 g/mol. The van der Waals surface area contributed by atoms with Crippen molar-refractivity contribution in [2.45, 2.75) is 25.7 Å². The smallest absolute Gasteiger partial charge is 0.258 e. The predicted octanol–water partition coefficient (Wildman–Crippen LogP) is 5.23. The number of hydrogen-bond donors (Lipinski definition) is 2. The fourth-order valence-electron chi connectivity index (χ4n) is 4.40. The molecule has 5 rings (SSSR count). The molecule has 2 aromatic heterocycles. The maximum Gasteiger partial charge on any atom is 0.258 e. The van der Waals surface area contributed by atoms with Crippen molar-refractivity contribution in [1.29, 1.82) is 0 Å². The van der Waals surface area contributed by atoms with Gasteiger partial charge in [-0.05, 0) is 46.7 Å².